The van der Waals surface area contributed by atoms with Gasteiger partial charge in [-0.2, -0.15) is 13.2 Å². The number of thiophene rings is 1. The number of aryl methyl sites for hydroxylation is 1. The fraction of sp³-hybridized carbons (Fsp3) is 0.120. The molecule has 5 nitrogen and oxygen atoms in total. The number of fused-ring (bicyclic) bond motifs is 1. The van der Waals surface area contributed by atoms with Crippen LogP contribution in [0.5, 0.6) is 0 Å². The maximum atomic E-state index is 13.7. The topological polar surface area (TPSA) is 62.9 Å². The molecule has 0 amide bonds. The van der Waals surface area contributed by atoms with Crippen molar-refractivity contribution in [3.63, 3.8) is 0 Å². The Labute approximate surface area is 224 Å². The van der Waals surface area contributed by atoms with Gasteiger partial charge in [0.1, 0.15) is 4.88 Å². The van der Waals surface area contributed by atoms with Crippen LogP contribution in [0.25, 0.3) is 38.3 Å². The minimum Gasteiger partial charge on any atom is -0.550 e. The van der Waals surface area contributed by atoms with Crippen molar-refractivity contribution in [1.82, 2.24) is 14.1 Å². The molecule has 0 fully saturated rings. The van der Waals surface area contributed by atoms with E-state index in [-0.39, 0.29) is 41.5 Å². The number of hydrogen-bond acceptors (Lipinski definition) is 4. The largest absolute Gasteiger partial charge is 1.00 e. The number of benzene rings is 2. The first kappa shape index (κ1) is 25.2. The number of carbonyl (C=O) groups is 1. The van der Waals surface area contributed by atoms with Crippen LogP contribution < -0.4 is 34.7 Å². The molecule has 0 radical (unpaired) electrons. The van der Waals surface area contributed by atoms with Crippen molar-refractivity contribution in [1.29, 1.82) is 0 Å². The van der Waals surface area contributed by atoms with Crippen LogP contribution >= 0.6 is 11.3 Å². The van der Waals surface area contributed by atoms with Crippen LogP contribution in [-0.2, 0) is 17.5 Å². The molecular weight excluding hydrogens is 486 g/mol. The predicted molar refractivity (Wildman–Crippen MR) is 122 cm³/mol. The van der Waals surface area contributed by atoms with Crippen LogP contribution in [0.2, 0.25) is 0 Å². The summed E-state index contributed by atoms with van der Waals surface area (Å²) in [5, 5.41) is 11.7. The van der Waals surface area contributed by atoms with Crippen molar-refractivity contribution >= 4 is 28.2 Å². The first-order valence-electron chi connectivity index (χ1n) is 10.4. The quantitative estimate of drug-likeness (QED) is 0.335. The van der Waals surface area contributed by atoms with Crippen LogP contribution in [0, 0.1) is 0 Å². The Bertz CT molecular complexity index is 1490. The molecule has 5 aromatic rings. The Balaban J connectivity index is 0.00000289. The zero-order valence-corrected chi connectivity index (χ0v) is 21.4. The van der Waals surface area contributed by atoms with Gasteiger partial charge in [-0.15, -0.1) is 11.3 Å². The van der Waals surface area contributed by atoms with Gasteiger partial charge in [-0.05, 0) is 35.9 Å². The van der Waals surface area contributed by atoms with E-state index in [0.29, 0.717) is 34.0 Å². The third-order valence-corrected chi connectivity index (χ3v) is 6.72. The third-order valence-electron chi connectivity index (χ3n) is 5.52. The van der Waals surface area contributed by atoms with Crippen molar-refractivity contribution in [3.05, 3.63) is 84.3 Å². The summed E-state index contributed by atoms with van der Waals surface area (Å²) < 4.78 is 44.8. The minimum absolute atomic E-state index is 0. The van der Waals surface area contributed by atoms with Gasteiger partial charge in [0.25, 0.3) is 0 Å². The maximum Gasteiger partial charge on any atom is 1.00 e. The molecule has 35 heavy (non-hydrogen) atoms. The van der Waals surface area contributed by atoms with Crippen molar-refractivity contribution in [2.45, 2.75) is 19.1 Å². The van der Waals surface area contributed by atoms with E-state index in [9.17, 15) is 23.1 Å². The van der Waals surface area contributed by atoms with E-state index < -0.39 is 17.0 Å². The van der Waals surface area contributed by atoms with E-state index in [0.717, 1.165) is 16.6 Å². The van der Waals surface area contributed by atoms with Crippen LogP contribution in [0.4, 0.5) is 13.2 Å². The van der Waals surface area contributed by atoms with Crippen molar-refractivity contribution in [3.8, 4) is 27.4 Å². The van der Waals surface area contributed by atoms with Crippen LogP contribution in [0.15, 0.2) is 79.4 Å². The van der Waals surface area contributed by atoms with Crippen molar-refractivity contribution in [2.75, 3.05) is 0 Å². The number of alkyl halides is 3. The molecule has 0 aliphatic heterocycles. The first-order valence-corrected chi connectivity index (χ1v) is 11.2. The monoisotopic (exact) mass is 503 g/mol. The Morgan fingerprint density at radius 2 is 1.83 bits per heavy atom. The maximum absolute atomic E-state index is 13.7. The number of halogens is 3. The second-order valence-electron chi connectivity index (χ2n) is 7.76. The molecule has 0 aliphatic rings. The summed E-state index contributed by atoms with van der Waals surface area (Å²) in [5.74, 6) is -1.11. The summed E-state index contributed by atoms with van der Waals surface area (Å²) in [5.41, 5.74) is 2.77. The molecule has 0 atom stereocenters. The van der Waals surface area contributed by atoms with Crippen LogP contribution in [-0.4, -0.2) is 20.1 Å². The number of rotatable bonds is 6. The van der Waals surface area contributed by atoms with E-state index in [1.807, 2.05) is 35.0 Å². The smallest absolute Gasteiger partial charge is 0.550 e. The molecule has 172 valence electrons. The molecule has 0 bridgehead atoms. The minimum atomic E-state index is -4.47. The average molecular weight is 503 g/mol. The fourth-order valence-corrected chi connectivity index (χ4v) is 4.92. The van der Waals surface area contributed by atoms with Gasteiger partial charge >= 0.3 is 35.7 Å². The molecule has 0 aliphatic carbocycles. The Morgan fingerprint density at radius 3 is 2.54 bits per heavy atom. The summed E-state index contributed by atoms with van der Waals surface area (Å²) in [6.07, 6.45) is 0.535. The first-order chi connectivity index (χ1) is 16.3. The van der Waals surface area contributed by atoms with Crippen molar-refractivity contribution < 1.29 is 52.6 Å². The van der Waals surface area contributed by atoms with Crippen molar-refractivity contribution in [2.24, 2.45) is 0 Å². The standard InChI is InChI=1S/C25H18F3N3O2S.Na/c26-25(27,28)24-19(16-4-2-1-3-5-16)13-22(34-24)20-14-31(15-29-20)18-6-7-21-17(12-18)8-10-30(21)11-9-23(32)33;/h1-8,10,12-15H,9,11H2,(H,32,33);/q;+1/p-1. The predicted octanol–water partition coefficient (Wildman–Crippen LogP) is 2.39. The molecule has 0 unspecified atom stereocenters. The number of carbonyl (C=O) groups excluding carboxylic acids is 1. The number of carboxylic acids is 1. The molecule has 0 saturated heterocycles. The van der Waals surface area contributed by atoms with Gasteiger partial charge < -0.3 is 19.0 Å². The van der Waals surface area contributed by atoms with E-state index in [1.165, 1.54) is 6.07 Å². The van der Waals surface area contributed by atoms with Gasteiger partial charge in [-0.1, -0.05) is 30.3 Å². The third kappa shape index (κ3) is 5.23. The second kappa shape index (κ2) is 10.0. The van der Waals surface area contributed by atoms with E-state index in [1.54, 1.807) is 47.4 Å². The summed E-state index contributed by atoms with van der Waals surface area (Å²) >= 11 is 0.679. The summed E-state index contributed by atoms with van der Waals surface area (Å²) in [4.78, 5) is 14.9. The number of carboxylic acid groups (broad SMARTS) is 1. The van der Waals surface area contributed by atoms with Gasteiger partial charge in [0.05, 0.1) is 16.9 Å². The zero-order chi connectivity index (χ0) is 23.9. The molecule has 0 N–H and O–H groups in total. The van der Waals surface area contributed by atoms with Crippen LogP contribution in [0.3, 0.4) is 0 Å². The molecule has 0 saturated carbocycles. The van der Waals surface area contributed by atoms with E-state index >= 15 is 0 Å². The molecule has 5 rings (SSSR count). The molecule has 3 aromatic heterocycles. The summed E-state index contributed by atoms with van der Waals surface area (Å²) in [6, 6.07) is 17.6. The second-order valence-corrected chi connectivity index (χ2v) is 8.81. The van der Waals surface area contributed by atoms with Gasteiger partial charge in [0, 0.05) is 53.5 Å². The molecule has 3 heterocycles. The number of aromatic nitrogens is 3. The van der Waals surface area contributed by atoms with E-state index in [4.69, 9.17) is 0 Å². The Morgan fingerprint density at radius 1 is 1.06 bits per heavy atom. The van der Waals surface area contributed by atoms with Gasteiger partial charge in [0.15, 0.2) is 0 Å². The number of nitrogens with zero attached hydrogens (tertiary/aromatic N) is 3. The van der Waals surface area contributed by atoms with Gasteiger partial charge in [-0.25, -0.2) is 4.98 Å². The Hall–Kier alpha value is -2.85. The Kier molecular flexibility index (Phi) is 7.23. The average Bonchev–Trinajstić information content (AvgIpc) is 3.55. The van der Waals surface area contributed by atoms with Gasteiger partial charge in [0.2, 0.25) is 0 Å². The van der Waals surface area contributed by atoms with Gasteiger partial charge in [-0.3, -0.25) is 0 Å². The molecule has 0 spiro atoms. The molecule has 2 aromatic carbocycles. The number of imidazole rings is 1. The summed E-state index contributed by atoms with van der Waals surface area (Å²) in [7, 11) is 0. The molecule has 10 heteroatoms. The number of hydrogen-bond donors (Lipinski definition) is 0. The normalized spacial score (nSPS) is 11.5. The fourth-order valence-electron chi connectivity index (χ4n) is 3.91. The molecular formula is C25H17F3N3NaO2S. The summed E-state index contributed by atoms with van der Waals surface area (Å²) in [6.45, 7) is 0.310. The van der Waals surface area contributed by atoms with Crippen LogP contribution in [0.1, 0.15) is 11.3 Å². The van der Waals surface area contributed by atoms with E-state index in [2.05, 4.69) is 4.98 Å². The SMILES string of the molecule is O=C([O-])CCn1ccc2cc(-n3cnc(-c4cc(-c5ccccc5)c(C(F)(F)F)s4)c3)ccc21.[Na+]. The number of aliphatic carboxylic acids is 1. The zero-order valence-electron chi connectivity index (χ0n) is 18.6.